The van der Waals surface area contributed by atoms with Gasteiger partial charge in [0.15, 0.2) is 0 Å². The van der Waals surface area contributed by atoms with E-state index in [0.717, 1.165) is 44.4 Å². The van der Waals surface area contributed by atoms with Crippen LogP contribution in [-0.4, -0.2) is 49.6 Å². The third-order valence-electron chi connectivity index (χ3n) is 4.39. The quantitative estimate of drug-likeness (QED) is 0.751. The standard InChI is InChI=1S/C14H25N3O/c18-13(10-17-8-1-6-15-7-9-17)16-14(11-2-3-11)12-4-5-12/h11-12,14-15H,1-10H2,(H,16,18). The molecule has 4 nitrogen and oxygen atoms in total. The summed E-state index contributed by atoms with van der Waals surface area (Å²) in [4.78, 5) is 14.4. The Kier molecular flexibility index (Phi) is 3.85. The molecule has 0 unspecified atom stereocenters. The maximum Gasteiger partial charge on any atom is 0.234 e. The molecule has 2 aliphatic carbocycles. The summed E-state index contributed by atoms with van der Waals surface area (Å²) in [6, 6.07) is 0.502. The molecular formula is C14H25N3O. The maximum atomic E-state index is 12.1. The van der Waals surface area contributed by atoms with Gasteiger partial charge in [-0.1, -0.05) is 0 Å². The Labute approximate surface area is 109 Å². The Bertz CT molecular complexity index is 279. The van der Waals surface area contributed by atoms with E-state index in [4.69, 9.17) is 0 Å². The highest BCUT2D eigenvalue weighted by molar-refractivity contribution is 5.78. The van der Waals surface area contributed by atoms with Crippen LogP contribution in [0.1, 0.15) is 32.1 Å². The van der Waals surface area contributed by atoms with Gasteiger partial charge in [-0.25, -0.2) is 0 Å². The van der Waals surface area contributed by atoms with Gasteiger partial charge in [-0.15, -0.1) is 0 Å². The Hall–Kier alpha value is -0.610. The lowest BCUT2D eigenvalue weighted by molar-refractivity contribution is -0.123. The summed E-state index contributed by atoms with van der Waals surface area (Å²) in [5, 5.41) is 6.68. The van der Waals surface area contributed by atoms with Gasteiger partial charge in [0.25, 0.3) is 0 Å². The minimum atomic E-state index is 0.251. The van der Waals surface area contributed by atoms with Crippen molar-refractivity contribution in [3.8, 4) is 0 Å². The zero-order chi connectivity index (χ0) is 12.4. The van der Waals surface area contributed by atoms with Gasteiger partial charge in [0, 0.05) is 19.1 Å². The number of carbonyl (C=O) groups excluding carboxylic acids is 1. The predicted molar refractivity (Wildman–Crippen MR) is 71.3 cm³/mol. The zero-order valence-electron chi connectivity index (χ0n) is 11.2. The Balaban J connectivity index is 1.44. The van der Waals surface area contributed by atoms with Crippen molar-refractivity contribution in [2.24, 2.45) is 11.8 Å². The number of rotatable bonds is 5. The molecule has 0 aromatic carbocycles. The first-order chi connectivity index (χ1) is 8.83. The molecule has 1 saturated heterocycles. The van der Waals surface area contributed by atoms with Crippen LogP contribution < -0.4 is 10.6 Å². The van der Waals surface area contributed by atoms with Gasteiger partial charge in [0.05, 0.1) is 6.54 Å². The Morgan fingerprint density at radius 3 is 2.56 bits per heavy atom. The predicted octanol–water partition coefficient (Wildman–Crippen LogP) is 0.587. The minimum absolute atomic E-state index is 0.251. The second kappa shape index (κ2) is 5.57. The third-order valence-corrected chi connectivity index (χ3v) is 4.39. The van der Waals surface area contributed by atoms with Crippen LogP contribution in [0.15, 0.2) is 0 Å². The van der Waals surface area contributed by atoms with Gasteiger partial charge in [-0.3, -0.25) is 9.69 Å². The fourth-order valence-electron chi connectivity index (χ4n) is 3.03. The highest BCUT2D eigenvalue weighted by Gasteiger charge is 2.42. The van der Waals surface area contributed by atoms with Crippen LogP contribution in [0.3, 0.4) is 0 Å². The van der Waals surface area contributed by atoms with Crippen molar-refractivity contribution in [2.45, 2.75) is 38.1 Å². The van der Waals surface area contributed by atoms with E-state index in [1.54, 1.807) is 0 Å². The van der Waals surface area contributed by atoms with E-state index < -0.39 is 0 Å². The fourth-order valence-corrected chi connectivity index (χ4v) is 3.03. The summed E-state index contributed by atoms with van der Waals surface area (Å²) in [6.45, 7) is 4.76. The van der Waals surface area contributed by atoms with Crippen molar-refractivity contribution < 1.29 is 4.79 Å². The molecule has 2 saturated carbocycles. The van der Waals surface area contributed by atoms with Gasteiger partial charge in [0.2, 0.25) is 5.91 Å². The molecule has 102 valence electrons. The number of nitrogens with one attached hydrogen (secondary N) is 2. The van der Waals surface area contributed by atoms with Crippen LogP contribution in [0, 0.1) is 11.8 Å². The third kappa shape index (κ3) is 3.45. The fraction of sp³-hybridized carbons (Fsp3) is 0.929. The van der Waals surface area contributed by atoms with Crippen LogP contribution in [-0.2, 0) is 4.79 Å². The number of hydrogen-bond donors (Lipinski definition) is 2. The van der Waals surface area contributed by atoms with Gasteiger partial charge in [-0.2, -0.15) is 0 Å². The lowest BCUT2D eigenvalue weighted by atomic mass is 10.1. The first kappa shape index (κ1) is 12.4. The number of hydrogen-bond acceptors (Lipinski definition) is 3. The number of carbonyl (C=O) groups is 1. The van der Waals surface area contributed by atoms with Gasteiger partial charge in [-0.05, 0) is 57.0 Å². The summed E-state index contributed by atoms with van der Waals surface area (Å²) in [5.41, 5.74) is 0. The molecule has 1 amide bonds. The summed E-state index contributed by atoms with van der Waals surface area (Å²) in [7, 11) is 0. The van der Waals surface area contributed by atoms with Crippen LogP contribution in [0.2, 0.25) is 0 Å². The van der Waals surface area contributed by atoms with E-state index in [2.05, 4.69) is 15.5 Å². The van der Waals surface area contributed by atoms with Crippen molar-refractivity contribution in [3.63, 3.8) is 0 Å². The average molecular weight is 251 g/mol. The van der Waals surface area contributed by atoms with Crippen LogP contribution in [0.4, 0.5) is 0 Å². The smallest absolute Gasteiger partial charge is 0.234 e. The molecular weight excluding hydrogens is 226 g/mol. The van der Waals surface area contributed by atoms with Crippen LogP contribution in [0.5, 0.6) is 0 Å². The Morgan fingerprint density at radius 2 is 1.89 bits per heavy atom. The van der Waals surface area contributed by atoms with E-state index >= 15 is 0 Å². The van der Waals surface area contributed by atoms with Gasteiger partial charge < -0.3 is 10.6 Å². The molecule has 3 rings (SSSR count). The Morgan fingerprint density at radius 1 is 1.17 bits per heavy atom. The highest BCUT2D eigenvalue weighted by atomic mass is 16.2. The van der Waals surface area contributed by atoms with Crippen LogP contribution in [0.25, 0.3) is 0 Å². The second-order valence-corrected chi connectivity index (χ2v) is 6.15. The van der Waals surface area contributed by atoms with E-state index in [1.807, 2.05) is 0 Å². The van der Waals surface area contributed by atoms with Gasteiger partial charge >= 0.3 is 0 Å². The molecule has 0 spiro atoms. The SMILES string of the molecule is O=C(CN1CCCNCC1)NC(C1CC1)C1CC1. The summed E-state index contributed by atoms with van der Waals surface area (Å²) >= 11 is 0. The molecule has 0 aromatic heterocycles. The van der Waals surface area contributed by atoms with Crippen LogP contribution >= 0.6 is 0 Å². The van der Waals surface area contributed by atoms with E-state index in [0.29, 0.717) is 12.6 Å². The number of amides is 1. The molecule has 3 fully saturated rings. The minimum Gasteiger partial charge on any atom is -0.352 e. The van der Waals surface area contributed by atoms with Gasteiger partial charge in [0.1, 0.15) is 0 Å². The molecule has 2 N–H and O–H groups in total. The van der Waals surface area contributed by atoms with Crippen molar-refractivity contribution in [2.75, 3.05) is 32.7 Å². The van der Waals surface area contributed by atoms with Crippen molar-refractivity contribution in [1.29, 1.82) is 0 Å². The zero-order valence-corrected chi connectivity index (χ0v) is 11.2. The lowest BCUT2D eigenvalue weighted by Gasteiger charge is -2.22. The second-order valence-electron chi connectivity index (χ2n) is 6.15. The molecule has 0 aromatic rings. The lowest BCUT2D eigenvalue weighted by Crippen LogP contribution is -2.44. The molecule has 0 bridgehead atoms. The van der Waals surface area contributed by atoms with E-state index in [9.17, 15) is 4.79 Å². The highest BCUT2D eigenvalue weighted by Crippen LogP contribution is 2.44. The summed E-state index contributed by atoms with van der Waals surface area (Å²) in [6.07, 6.45) is 6.47. The van der Waals surface area contributed by atoms with Crippen molar-refractivity contribution in [1.82, 2.24) is 15.5 Å². The van der Waals surface area contributed by atoms with E-state index in [1.165, 1.54) is 25.7 Å². The normalized spacial score (nSPS) is 26.1. The molecule has 3 aliphatic rings. The molecule has 0 radical (unpaired) electrons. The molecule has 1 aliphatic heterocycles. The van der Waals surface area contributed by atoms with E-state index in [-0.39, 0.29) is 5.91 Å². The summed E-state index contributed by atoms with van der Waals surface area (Å²) < 4.78 is 0. The molecule has 18 heavy (non-hydrogen) atoms. The summed E-state index contributed by atoms with van der Waals surface area (Å²) in [5.74, 6) is 1.85. The maximum absolute atomic E-state index is 12.1. The van der Waals surface area contributed by atoms with Crippen molar-refractivity contribution >= 4 is 5.91 Å². The topological polar surface area (TPSA) is 44.4 Å². The molecule has 4 heteroatoms. The first-order valence-electron chi connectivity index (χ1n) is 7.55. The number of nitrogens with zero attached hydrogens (tertiary/aromatic N) is 1. The first-order valence-corrected chi connectivity index (χ1v) is 7.55. The molecule has 1 heterocycles. The monoisotopic (exact) mass is 251 g/mol. The average Bonchev–Trinajstić information content (AvgIpc) is 3.19. The van der Waals surface area contributed by atoms with Crippen molar-refractivity contribution in [3.05, 3.63) is 0 Å². The molecule has 0 atom stereocenters. The largest absolute Gasteiger partial charge is 0.352 e.